The molecule has 0 radical (unpaired) electrons. The van der Waals surface area contributed by atoms with Crippen LogP contribution >= 0.6 is 0 Å². The van der Waals surface area contributed by atoms with Crippen molar-refractivity contribution in [3.05, 3.63) is 41.7 Å². The van der Waals surface area contributed by atoms with Crippen LogP contribution in [0.2, 0.25) is 0 Å². The first-order valence-corrected chi connectivity index (χ1v) is 11.3. The highest BCUT2D eigenvalue weighted by Gasteiger charge is 2.30. The largest absolute Gasteiger partial charge is 0.489 e. The van der Waals surface area contributed by atoms with E-state index in [0.717, 1.165) is 6.42 Å². The number of carbonyl (C=O) groups is 3. The molecule has 0 saturated heterocycles. The maximum absolute atomic E-state index is 12.7. The third kappa shape index (κ3) is 7.31. The summed E-state index contributed by atoms with van der Waals surface area (Å²) in [5, 5.41) is 12.7. The quantitative estimate of drug-likeness (QED) is 0.222. The molecule has 184 valence electrons. The fourth-order valence-corrected chi connectivity index (χ4v) is 3.54. The van der Waals surface area contributed by atoms with E-state index in [9.17, 15) is 19.5 Å². The molecular weight excluding hydrogens is 440 g/mol. The number of amides is 1. The van der Waals surface area contributed by atoms with E-state index in [-0.39, 0.29) is 36.8 Å². The third-order valence-corrected chi connectivity index (χ3v) is 5.28. The van der Waals surface area contributed by atoms with E-state index in [1.54, 1.807) is 30.6 Å². The lowest BCUT2D eigenvalue weighted by molar-refractivity contribution is -0.153. The maximum atomic E-state index is 12.7. The summed E-state index contributed by atoms with van der Waals surface area (Å²) in [6.45, 7) is 6.74. The predicted octanol–water partition coefficient (Wildman–Crippen LogP) is 2.97. The van der Waals surface area contributed by atoms with E-state index in [1.165, 1.54) is 0 Å². The first-order valence-electron chi connectivity index (χ1n) is 11.3. The Bertz CT molecular complexity index is 999. The molecule has 1 aliphatic rings. The van der Waals surface area contributed by atoms with Crippen LogP contribution in [0.4, 0.5) is 5.95 Å². The van der Waals surface area contributed by atoms with Crippen molar-refractivity contribution in [2.45, 2.75) is 52.6 Å². The molecule has 0 aliphatic carbocycles. The Morgan fingerprint density at radius 3 is 2.82 bits per heavy atom. The minimum Gasteiger partial charge on any atom is -0.489 e. The van der Waals surface area contributed by atoms with Gasteiger partial charge in [-0.05, 0) is 42.4 Å². The second-order valence-corrected chi connectivity index (χ2v) is 9.62. The number of carbonyl (C=O) groups excluding carboxylic acids is 2. The number of aromatic amines is 1. The number of fused-ring (bicyclic) bond motifs is 1. The number of nitrogens with zero attached hydrogens (tertiary/aromatic N) is 1. The molecule has 0 spiro atoms. The number of Topliss-reactive ketones (excluding diaryl/α,β-unsaturated/α-hetero) is 1. The van der Waals surface area contributed by atoms with Crippen molar-refractivity contribution in [2.24, 2.45) is 11.3 Å². The topological polar surface area (TPSA) is 143 Å². The van der Waals surface area contributed by atoms with E-state index in [4.69, 9.17) is 9.57 Å². The molecule has 0 saturated carbocycles. The van der Waals surface area contributed by atoms with Gasteiger partial charge in [0.2, 0.25) is 0 Å². The van der Waals surface area contributed by atoms with Gasteiger partial charge >= 0.3 is 5.97 Å². The number of aliphatic carboxylic acids is 1. The molecule has 3 rings (SSSR count). The number of hydrogen-bond donors (Lipinski definition) is 4. The third-order valence-electron chi connectivity index (χ3n) is 5.28. The van der Waals surface area contributed by atoms with Crippen molar-refractivity contribution in [1.29, 1.82) is 0 Å². The standard InChI is InChI=1S/C24H32N4O6/c1-24(2,3)14-33-28-21(30)18(22(31)32)12-15-6-7-20-17(11-15)19(29)13-16(34-20)5-4-8-25-23-26-9-10-27-23/h6-7,9-11,16,18H,4-5,8,12-14H2,1-3H3,(H,28,30)(H,31,32)(H2,25,26,27)/t16-,18-/m0/s1. The SMILES string of the molecule is CC(C)(C)CONC(=O)[C@H](Cc1ccc2c(c1)C(=O)C[C@H](CCCNc1ncc[nH]1)O2)C(=O)O. The number of carboxylic acids is 1. The molecule has 2 aromatic rings. The zero-order chi connectivity index (χ0) is 24.7. The summed E-state index contributed by atoms with van der Waals surface area (Å²) in [6.07, 6.45) is 4.88. The summed E-state index contributed by atoms with van der Waals surface area (Å²) in [6, 6.07) is 4.97. The molecule has 34 heavy (non-hydrogen) atoms. The molecule has 0 bridgehead atoms. The van der Waals surface area contributed by atoms with Crippen LogP contribution in [0.1, 0.15) is 56.0 Å². The van der Waals surface area contributed by atoms with Gasteiger partial charge in [-0.3, -0.25) is 19.2 Å². The molecule has 4 N–H and O–H groups in total. The Morgan fingerprint density at radius 2 is 2.15 bits per heavy atom. The first kappa shape index (κ1) is 25.2. The van der Waals surface area contributed by atoms with Gasteiger partial charge in [-0.1, -0.05) is 26.8 Å². The highest BCUT2D eigenvalue weighted by atomic mass is 16.7. The molecule has 10 heteroatoms. The monoisotopic (exact) mass is 472 g/mol. The van der Waals surface area contributed by atoms with Crippen molar-refractivity contribution in [2.75, 3.05) is 18.5 Å². The van der Waals surface area contributed by atoms with Gasteiger partial charge in [0, 0.05) is 25.4 Å². The molecule has 2 heterocycles. The number of anilines is 1. The Hall–Kier alpha value is -3.40. The zero-order valence-electron chi connectivity index (χ0n) is 19.7. The molecule has 1 aromatic carbocycles. The lowest BCUT2D eigenvalue weighted by Gasteiger charge is -2.26. The number of imidazole rings is 1. The molecule has 10 nitrogen and oxygen atoms in total. The number of rotatable bonds is 11. The van der Waals surface area contributed by atoms with Crippen LogP contribution in [-0.2, 0) is 20.8 Å². The molecule has 0 unspecified atom stereocenters. The van der Waals surface area contributed by atoms with Gasteiger partial charge in [0.1, 0.15) is 17.8 Å². The van der Waals surface area contributed by atoms with Crippen LogP contribution in [0.5, 0.6) is 5.75 Å². The molecule has 0 fully saturated rings. The smallest absolute Gasteiger partial charge is 0.316 e. The van der Waals surface area contributed by atoms with Gasteiger partial charge < -0.3 is 20.1 Å². The Balaban J connectivity index is 1.55. The number of benzene rings is 1. The summed E-state index contributed by atoms with van der Waals surface area (Å²) in [5.41, 5.74) is 3.02. The van der Waals surface area contributed by atoms with Crippen molar-refractivity contribution < 1.29 is 29.1 Å². The zero-order valence-corrected chi connectivity index (χ0v) is 19.7. The highest BCUT2D eigenvalue weighted by Crippen LogP contribution is 2.30. The van der Waals surface area contributed by atoms with E-state index in [2.05, 4.69) is 20.8 Å². The van der Waals surface area contributed by atoms with Gasteiger partial charge in [-0.2, -0.15) is 0 Å². The fraction of sp³-hybridized carbons (Fsp3) is 0.500. The Morgan fingerprint density at radius 1 is 1.35 bits per heavy atom. The lowest BCUT2D eigenvalue weighted by atomic mass is 9.93. The number of carboxylic acid groups (broad SMARTS) is 1. The first-order chi connectivity index (χ1) is 16.1. The number of hydrogen-bond acceptors (Lipinski definition) is 7. The average molecular weight is 473 g/mol. The summed E-state index contributed by atoms with van der Waals surface area (Å²) in [7, 11) is 0. The van der Waals surface area contributed by atoms with Crippen LogP contribution < -0.4 is 15.5 Å². The van der Waals surface area contributed by atoms with E-state index in [0.29, 0.717) is 35.8 Å². The normalized spacial score (nSPS) is 16.3. The van der Waals surface area contributed by atoms with Crippen molar-refractivity contribution in [1.82, 2.24) is 15.4 Å². The molecule has 1 amide bonds. The van der Waals surface area contributed by atoms with Gasteiger partial charge in [-0.15, -0.1) is 0 Å². The van der Waals surface area contributed by atoms with E-state index in [1.807, 2.05) is 20.8 Å². The van der Waals surface area contributed by atoms with E-state index < -0.39 is 17.8 Å². The van der Waals surface area contributed by atoms with E-state index >= 15 is 0 Å². The van der Waals surface area contributed by atoms with Crippen molar-refractivity contribution in [3.8, 4) is 5.75 Å². The van der Waals surface area contributed by atoms with Crippen molar-refractivity contribution >= 4 is 23.6 Å². The number of H-pyrrole nitrogens is 1. The molecular formula is C24H32N4O6. The second kappa shape index (κ2) is 11.1. The highest BCUT2D eigenvalue weighted by molar-refractivity contribution is 6.00. The summed E-state index contributed by atoms with van der Waals surface area (Å²) in [4.78, 5) is 49.0. The van der Waals surface area contributed by atoms with Gasteiger partial charge in [-0.25, -0.2) is 10.5 Å². The average Bonchev–Trinajstić information content (AvgIpc) is 3.28. The molecule has 1 aromatic heterocycles. The molecule has 2 atom stereocenters. The number of hydroxylamine groups is 1. The molecule has 1 aliphatic heterocycles. The minimum absolute atomic E-state index is 0.0584. The van der Waals surface area contributed by atoms with Gasteiger partial charge in [0.05, 0.1) is 12.2 Å². The van der Waals surface area contributed by atoms with Gasteiger partial charge in [0.25, 0.3) is 5.91 Å². The number of aromatic nitrogens is 2. The second-order valence-electron chi connectivity index (χ2n) is 9.62. The number of ether oxygens (including phenoxy) is 1. The maximum Gasteiger partial charge on any atom is 0.316 e. The predicted molar refractivity (Wildman–Crippen MR) is 124 cm³/mol. The number of ketones is 1. The lowest BCUT2D eigenvalue weighted by Crippen LogP contribution is -2.38. The van der Waals surface area contributed by atoms with Crippen LogP contribution in [-0.4, -0.2) is 52.0 Å². The van der Waals surface area contributed by atoms with Crippen LogP contribution in [0, 0.1) is 11.3 Å². The summed E-state index contributed by atoms with van der Waals surface area (Å²) >= 11 is 0. The summed E-state index contributed by atoms with van der Waals surface area (Å²) < 4.78 is 5.99. The van der Waals surface area contributed by atoms with Crippen LogP contribution in [0.25, 0.3) is 0 Å². The summed E-state index contributed by atoms with van der Waals surface area (Å²) in [5.74, 6) is -2.22. The Kier molecular flexibility index (Phi) is 8.27. The fourth-order valence-electron chi connectivity index (χ4n) is 3.54. The van der Waals surface area contributed by atoms with Crippen LogP contribution in [0.15, 0.2) is 30.6 Å². The number of nitrogens with one attached hydrogen (secondary N) is 3. The minimum atomic E-state index is -1.34. The van der Waals surface area contributed by atoms with Crippen LogP contribution in [0.3, 0.4) is 0 Å². The van der Waals surface area contributed by atoms with Crippen molar-refractivity contribution in [3.63, 3.8) is 0 Å². The van der Waals surface area contributed by atoms with Gasteiger partial charge in [0.15, 0.2) is 11.7 Å². The Labute approximate surface area is 198 Å².